The van der Waals surface area contributed by atoms with E-state index < -0.39 is 0 Å². The third-order valence-electron chi connectivity index (χ3n) is 4.12. The predicted octanol–water partition coefficient (Wildman–Crippen LogP) is 5.42. The maximum absolute atomic E-state index is 6.49. The van der Waals surface area contributed by atoms with Gasteiger partial charge in [-0.3, -0.25) is 0 Å². The zero-order chi connectivity index (χ0) is 14.1. The molecule has 0 radical (unpaired) electrons. The molecule has 2 aromatic carbocycles. The Labute approximate surface area is 133 Å². The van der Waals surface area contributed by atoms with Gasteiger partial charge in [0.25, 0.3) is 0 Å². The quantitative estimate of drug-likeness (QED) is 0.786. The van der Waals surface area contributed by atoms with Crippen LogP contribution in [0.15, 0.2) is 46.9 Å². The summed E-state index contributed by atoms with van der Waals surface area (Å²) in [5, 5.41) is 0.714. The van der Waals surface area contributed by atoms with E-state index in [0.29, 0.717) is 10.9 Å². The van der Waals surface area contributed by atoms with Crippen LogP contribution in [0.25, 0.3) is 0 Å². The first-order valence-electron chi connectivity index (χ1n) is 6.95. The molecule has 0 aliphatic heterocycles. The lowest BCUT2D eigenvalue weighted by Gasteiger charge is -2.29. The first-order valence-corrected chi connectivity index (χ1v) is 8.12. The average Bonchev–Trinajstić information content (AvgIpc) is 2.35. The zero-order valence-electron chi connectivity index (χ0n) is 11.2. The van der Waals surface area contributed by atoms with Gasteiger partial charge in [0, 0.05) is 9.50 Å². The molecule has 1 fully saturated rings. The van der Waals surface area contributed by atoms with Crippen molar-refractivity contribution in [3.8, 4) is 0 Å². The average molecular weight is 351 g/mol. The molecule has 1 aliphatic rings. The summed E-state index contributed by atoms with van der Waals surface area (Å²) in [6.07, 6.45) is 3.89. The van der Waals surface area contributed by atoms with Crippen LogP contribution in [0.5, 0.6) is 0 Å². The highest BCUT2D eigenvalue weighted by Gasteiger charge is 2.24. The fraction of sp³-hybridized carbons (Fsp3) is 0.294. The van der Waals surface area contributed by atoms with Gasteiger partial charge in [0.2, 0.25) is 0 Å². The summed E-state index contributed by atoms with van der Waals surface area (Å²) in [6, 6.07) is 14.3. The van der Waals surface area contributed by atoms with Gasteiger partial charge in [0.1, 0.15) is 0 Å². The molecule has 0 spiro atoms. The van der Waals surface area contributed by atoms with E-state index in [-0.39, 0.29) is 6.04 Å². The summed E-state index contributed by atoms with van der Waals surface area (Å²) < 4.78 is 0.969. The molecule has 1 saturated carbocycles. The van der Waals surface area contributed by atoms with Gasteiger partial charge >= 0.3 is 0 Å². The molecule has 1 unspecified atom stereocenters. The highest BCUT2D eigenvalue weighted by molar-refractivity contribution is 9.10. The highest BCUT2D eigenvalue weighted by Crippen LogP contribution is 2.40. The Morgan fingerprint density at radius 1 is 1.15 bits per heavy atom. The van der Waals surface area contributed by atoms with Crippen LogP contribution >= 0.6 is 27.5 Å². The molecule has 2 aromatic rings. The molecule has 1 nitrogen and oxygen atoms in total. The van der Waals surface area contributed by atoms with Gasteiger partial charge in [-0.05, 0) is 53.6 Å². The molecule has 2 N–H and O–H groups in total. The SMILES string of the molecule is NC(c1cc(Cl)cc(Br)c1)c1ccccc1C1CCC1. The Morgan fingerprint density at radius 2 is 1.90 bits per heavy atom. The van der Waals surface area contributed by atoms with Gasteiger partial charge in [-0.2, -0.15) is 0 Å². The van der Waals surface area contributed by atoms with Crippen LogP contribution in [0.2, 0.25) is 5.02 Å². The molecule has 0 saturated heterocycles. The normalized spacial score (nSPS) is 16.8. The summed E-state index contributed by atoms with van der Waals surface area (Å²) >= 11 is 9.62. The van der Waals surface area contributed by atoms with Crippen molar-refractivity contribution in [1.29, 1.82) is 0 Å². The van der Waals surface area contributed by atoms with Crippen LogP contribution in [-0.2, 0) is 0 Å². The van der Waals surface area contributed by atoms with Crippen molar-refractivity contribution in [3.05, 3.63) is 68.7 Å². The second kappa shape index (κ2) is 5.88. The molecule has 0 amide bonds. The Hall–Kier alpha value is -0.830. The lowest BCUT2D eigenvalue weighted by Crippen LogP contribution is -2.18. The minimum Gasteiger partial charge on any atom is -0.320 e. The second-order valence-corrected chi connectivity index (χ2v) is 6.79. The summed E-state index contributed by atoms with van der Waals surface area (Å²) in [7, 11) is 0. The lowest BCUT2D eigenvalue weighted by molar-refractivity contribution is 0.416. The van der Waals surface area contributed by atoms with Crippen LogP contribution in [0.4, 0.5) is 0 Å². The van der Waals surface area contributed by atoms with E-state index >= 15 is 0 Å². The number of halogens is 2. The van der Waals surface area contributed by atoms with Crippen LogP contribution < -0.4 is 5.73 Å². The summed E-state index contributed by atoms with van der Waals surface area (Å²) in [5.41, 5.74) is 10.2. The smallest absolute Gasteiger partial charge is 0.0555 e. The summed E-state index contributed by atoms with van der Waals surface area (Å²) in [4.78, 5) is 0. The molecule has 0 bridgehead atoms. The number of hydrogen-bond acceptors (Lipinski definition) is 1. The molecule has 1 atom stereocenters. The summed E-state index contributed by atoms with van der Waals surface area (Å²) in [5.74, 6) is 0.680. The molecular formula is C17H17BrClN. The molecule has 0 heterocycles. The predicted molar refractivity (Wildman–Crippen MR) is 88.2 cm³/mol. The van der Waals surface area contributed by atoms with Crippen molar-refractivity contribution in [2.75, 3.05) is 0 Å². The van der Waals surface area contributed by atoms with Crippen molar-refractivity contribution >= 4 is 27.5 Å². The fourth-order valence-electron chi connectivity index (χ4n) is 2.82. The maximum atomic E-state index is 6.49. The Balaban J connectivity index is 1.99. The van der Waals surface area contributed by atoms with Crippen LogP contribution in [0.1, 0.15) is 47.9 Å². The highest BCUT2D eigenvalue weighted by atomic mass is 79.9. The van der Waals surface area contributed by atoms with E-state index in [4.69, 9.17) is 17.3 Å². The van der Waals surface area contributed by atoms with E-state index in [1.807, 2.05) is 18.2 Å². The number of rotatable bonds is 3. The van der Waals surface area contributed by atoms with Crippen molar-refractivity contribution in [2.24, 2.45) is 5.73 Å². The molecule has 1 aliphatic carbocycles. The number of benzene rings is 2. The van der Waals surface area contributed by atoms with E-state index in [0.717, 1.165) is 10.0 Å². The monoisotopic (exact) mass is 349 g/mol. The maximum Gasteiger partial charge on any atom is 0.0555 e. The molecular weight excluding hydrogens is 334 g/mol. The Kier molecular flexibility index (Phi) is 4.16. The van der Waals surface area contributed by atoms with Gasteiger partial charge in [0.05, 0.1) is 6.04 Å². The van der Waals surface area contributed by atoms with Gasteiger partial charge in [-0.1, -0.05) is 58.2 Å². The van der Waals surface area contributed by atoms with Gasteiger partial charge in [-0.25, -0.2) is 0 Å². The van der Waals surface area contributed by atoms with Crippen molar-refractivity contribution in [2.45, 2.75) is 31.2 Å². The Morgan fingerprint density at radius 3 is 2.55 bits per heavy atom. The first-order chi connectivity index (χ1) is 9.65. The van der Waals surface area contributed by atoms with Gasteiger partial charge < -0.3 is 5.73 Å². The standard InChI is InChI=1S/C17H17BrClN/c18-13-8-12(9-14(19)10-13)17(20)16-7-2-1-6-15(16)11-4-3-5-11/h1-2,6-11,17H,3-5,20H2. The van der Waals surface area contributed by atoms with E-state index in [9.17, 15) is 0 Å². The van der Waals surface area contributed by atoms with Gasteiger partial charge in [-0.15, -0.1) is 0 Å². The third-order valence-corrected chi connectivity index (χ3v) is 4.80. The Bertz CT molecular complexity index is 602. The van der Waals surface area contributed by atoms with Gasteiger partial charge in [0.15, 0.2) is 0 Å². The topological polar surface area (TPSA) is 26.0 Å². The fourth-order valence-corrected chi connectivity index (χ4v) is 3.71. The lowest BCUT2D eigenvalue weighted by atomic mass is 9.76. The largest absolute Gasteiger partial charge is 0.320 e. The molecule has 3 heteroatoms. The minimum atomic E-state index is -0.123. The van der Waals surface area contributed by atoms with E-state index in [1.165, 1.54) is 30.4 Å². The van der Waals surface area contributed by atoms with E-state index in [2.05, 4.69) is 40.2 Å². The molecule has 0 aromatic heterocycles. The third kappa shape index (κ3) is 2.78. The molecule has 20 heavy (non-hydrogen) atoms. The number of nitrogens with two attached hydrogens (primary N) is 1. The second-order valence-electron chi connectivity index (χ2n) is 5.44. The van der Waals surface area contributed by atoms with Crippen LogP contribution in [0.3, 0.4) is 0 Å². The van der Waals surface area contributed by atoms with E-state index in [1.54, 1.807) is 0 Å². The van der Waals surface area contributed by atoms with Crippen LogP contribution in [-0.4, -0.2) is 0 Å². The van der Waals surface area contributed by atoms with Crippen molar-refractivity contribution in [1.82, 2.24) is 0 Å². The zero-order valence-corrected chi connectivity index (χ0v) is 13.5. The van der Waals surface area contributed by atoms with Crippen LogP contribution in [0, 0.1) is 0 Å². The minimum absolute atomic E-state index is 0.123. The summed E-state index contributed by atoms with van der Waals surface area (Å²) in [6.45, 7) is 0. The first kappa shape index (κ1) is 14.1. The number of hydrogen-bond donors (Lipinski definition) is 1. The molecule has 3 rings (SSSR count). The molecule has 104 valence electrons. The van der Waals surface area contributed by atoms with Crippen molar-refractivity contribution in [3.63, 3.8) is 0 Å². The van der Waals surface area contributed by atoms with Crippen molar-refractivity contribution < 1.29 is 0 Å².